The Morgan fingerprint density at radius 2 is 1.69 bits per heavy atom. The van der Waals surface area contributed by atoms with Crippen molar-refractivity contribution in [2.75, 3.05) is 6.61 Å². The third-order valence-electron chi connectivity index (χ3n) is 7.09. The Hall–Kier alpha value is -3.07. The average molecular weight is 490 g/mol. The second kappa shape index (κ2) is 10.7. The van der Waals surface area contributed by atoms with Crippen LogP contribution >= 0.6 is 0 Å². The molecule has 0 saturated carbocycles. The predicted octanol–water partition coefficient (Wildman–Crippen LogP) is 4.23. The molecule has 2 aromatic rings. The number of hydrogen-bond acceptors (Lipinski definition) is 4. The zero-order valence-corrected chi connectivity index (χ0v) is 19.6. The number of nitrogens with one attached hydrogen (secondary N) is 1. The number of nitrogens with zero attached hydrogens (tertiary/aromatic N) is 1. The van der Waals surface area contributed by atoms with Gasteiger partial charge in [0.1, 0.15) is 11.9 Å². The van der Waals surface area contributed by atoms with E-state index in [4.69, 9.17) is 10.5 Å². The molecule has 2 fully saturated rings. The topological polar surface area (TPSA) is 84.7 Å². The van der Waals surface area contributed by atoms with Gasteiger partial charge < -0.3 is 20.7 Å². The third-order valence-corrected chi connectivity index (χ3v) is 7.09. The van der Waals surface area contributed by atoms with Crippen molar-refractivity contribution < 1.29 is 27.5 Å². The minimum atomic E-state index is -1.23. The molecule has 5 atom stereocenters. The number of alkyl carbamates (subject to hydrolysis) is 1. The molecular weight excluding hydrogens is 459 g/mol. The molecule has 0 unspecified atom stereocenters. The van der Waals surface area contributed by atoms with E-state index in [1.165, 1.54) is 0 Å². The summed E-state index contributed by atoms with van der Waals surface area (Å²) in [4.78, 5) is 27.7. The van der Waals surface area contributed by atoms with Crippen molar-refractivity contribution in [3.8, 4) is 0 Å². The Morgan fingerprint density at radius 1 is 1.06 bits per heavy atom. The van der Waals surface area contributed by atoms with Crippen LogP contribution in [0.5, 0.6) is 0 Å². The van der Waals surface area contributed by atoms with Gasteiger partial charge in [0, 0.05) is 24.2 Å². The quantitative estimate of drug-likeness (QED) is 0.570. The number of piperidine rings is 1. The molecule has 2 aromatic carbocycles. The Kier molecular flexibility index (Phi) is 7.64. The highest BCUT2D eigenvalue weighted by Gasteiger charge is 2.46. The first kappa shape index (κ1) is 25.0. The molecule has 188 valence electrons. The van der Waals surface area contributed by atoms with Gasteiger partial charge >= 0.3 is 6.09 Å². The number of nitrogens with two attached hydrogens (primary N) is 1. The minimum absolute atomic E-state index is 0.00254. The molecule has 0 spiro atoms. The summed E-state index contributed by atoms with van der Waals surface area (Å²) in [5.41, 5.74) is 7.11. The van der Waals surface area contributed by atoms with Crippen molar-refractivity contribution in [3.05, 3.63) is 71.0 Å². The Labute approximate surface area is 202 Å². The number of fused-ring (bicyclic) bond motifs is 2. The van der Waals surface area contributed by atoms with E-state index in [1.54, 1.807) is 31.2 Å². The van der Waals surface area contributed by atoms with Crippen LogP contribution in [0.4, 0.5) is 18.0 Å². The molecule has 6 nitrogen and oxygen atoms in total. The molecule has 2 amide bonds. The number of carbonyl (C=O) groups excluding carboxylic acids is 2. The molecule has 0 radical (unpaired) electrons. The maximum Gasteiger partial charge on any atom is 0.408 e. The van der Waals surface area contributed by atoms with E-state index in [-0.39, 0.29) is 42.5 Å². The minimum Gasteiger partial charge on any atom is -0.450 e. The summed E-state index contributed by atoms with van der Waals surface area (Å²) in [6, 6.07) is 8.96. The molecule has 4 rings (SSSR count). The van der Waals surface area contributed by atoms with Crippen LogP contribution < -0.4 is 11.1 Å². The number of carbonyl (C=O) groups is 2. The molecule has 3 N–H and O–H groups in total. The maximum atomic E-state index is 14.1. The van der Waals surface area contributed by atoms with Gasteiger partial charge in [-0.25, -0.2) is 18.0 Å². The van der Waals surface area contributed by atoms with Gasteiger partial charge in [-0.3, -0.25) is 4.79 Å². The molecule has 2 heterocycles. The Bertz CT molecular complexity index is 1050. The fourth-order valence-corrected chi connectivity index (χ4v) is 5.44. The Balaban J connectivity index is 1.48. The molecule has 9 heteroatoms. The smallest absolute Gasteiger partial charge is 0.408 e. The number of halogens is 3. The van der Waals surface area contributed by atoms with E-state index < -0.39 is 35.6 Å². The van der Waals surface area contributed by atoms with Crippen LogP contribution in [-0.4, -0.2) is 41.6 Å². The van der Waals surface area contributed by atoms with Gasteiger partial charge in [-0.2, -0.15) is 0 Å². The molecule has 0 aromatic heterocycles. The lowest BCUT2D eigenvalue weighted by Gasteiger charge is -2.42. The summed E-state index contributed by atoms with van der Waals surface area (Å²) >= 11 is 0. The lowest BCUT2D eigenvalue weighted by atomic mass is 9.82. The summed E-state index contributed by atoms with van der Waals surface area (Å²) in [6.45, 7) is 1.88. The fourth-order valence-electron chi connectivity index (χ4n) is 5.44. The monoisotopic (exact) mass is 489 g/mol. The van der Waals surface area contributed by atoms with Crippen LogP contribution in [0.3, 0.4) is 0 Å². The van der Waals surface area contributed by atoms with Gasteiger partial charge in [0.05, 0.1) is 6.61 Å². The summed E-state index contributed by atoms with van der Waals surface area (Å²) in [7, 11) is 0. The molecule has 2 saturated heterocycles. The highest BCUT2D eigenvalue weighted by Crippen LogP contribution is 2.41. The van der Waals surface area contributed by atoms with Crippen LogP contribution in [0, 0.1) is 23.4 Å². The fraction of sp³-hybridized carbons (Fsp3) is 0.462. The lowest BCUT2D eigenvalue weighted by molar-refractivity contribution is -0.139. The van der Waals surface area contributed by atoms with Crippen molar-refractivity contribution >= 4 is 12.0 Å². The second-order valence-corrected chi connectivity index (χ2v) is 9.30. The van der Waals surface area contributed by atoms with Gasteiger partial charge in [-0.1, -0.05) is 30.3 Å². The number of amides is 2. The lowest BCUT2D eigenvalue weighted by Crippen LogP contribution is -2.53. The second-order valence-electron chi connectivity index (χ2n) is 9.30. The van der Waals surface area contributed by atoms with E-state index >= 15 is 0 Å². The van der Waals surface area contributed by atoms with E-state index in [1.807, 2.05) is 11.0 Å². The zero-order valence-electron chi connectivity index (χ0n) is 19.6. The van der Waals surface area contributed by atoms with Gasteiger partial charge in [0.25, 0.3) is 0 Å². The maximum absolute atomic E-state index is 14.1. The van der Waals surface area contributed by atoms with Gasteiger partial charge in [0.2, 0.25) is 5.91 Å². The summed E-state index contributed by atoms with van der Waals surface area (Å²) in [5.74, 6) is -3.34. The third kappa shape index (κ3) is 5.45. The van der Waals surface area contributed by atoms with E-state index in [0.717, 1.165) is 18.9 Å². The van der Waals surface area contributed by atoms with Gasteiger partial charge in [0.15, 0.2) is 11.6 Å². The van der Waals surface area contributed by atoms with Crippen molar-refractivity contribution in [3.63, 3.8) is 0 Å². The van der Waals surface area contributed by atoms with Crippen molar-refractivity contribution in [1.82, 2.24) is 10.2 Å². The van der Waals surface area contributed by atoms with Crippen molar-refractivity contribution in [1.29, 1.82) is 0 Å². The molecule has 0 aliphatic carbocycles. The van der Waals surface area contributed by atoms with E-state index in [2.05, 4.69) is 5.32 Å². The molecule has 2 aliphatic rings. The van der Waals surface area contributed by atoms with Crippen LogP contribution in [0.15, 0.2) is 42.5 Å². The molecule has 35 heavy (non-hydrogen) atoms. The van der Waals surface area contributed by atoms with Crippen LogP contribution in [0.25, 0.3) is 0 Å². The van der Waals surface area contributed by atoms with Crippen molar-refractivity contribution in [2.45, 2.75) is 63.2 Å². The van der Waals surface area contributed by atoms with Gasteiger partial charge in [-0.05, 0) is 62.1 Å². The number of hydrogen-bond donors (Lipinski definition) is 2. The SMILES string of the molecule is CCOC(=O)N[C@H](C(=O)N1[C@@H]2CC[C@H]1C[C@H]([C@H](N)Cc1cc(F)c(F)cc1F)C2)c1ccccc1. The van der Waals surface area contributed by atoms with E-state index in [0.29, 0.717) is 24.5 Å². The standard InChI is InChI=1S/C26H30F3N3O3/c1-2-35-26(34)31-24(15-6-4-3-5-7-15)25(33)32-18-8-9-19(32)11-17(10-18)23(30)13-16-12-21(28)22(29)14-20(16)27/h3-7,12,14,17-19,23-24H,2,8-11,13,30H2,1H3,(H,31,34)/t17-,18-,19+,23-,24+/m1/s1. The number of rotatable bonds is 7. The van der Waals surface area contributed by atoms with E-state index in [9.17, 15) is 22.8 Å². The largest absolute Gasteiger partial charge is 0.450 e. The van der Waals surface area contributed by atoms with Crippen LogP contribution in [0.2, 0.25) is 0 Å². The number of benzene rings is 2. The van der Waals surface area contributed by atoms with Crippen LogP contribution in [0.1, 0.15) is 49.8 Å². The van der Waals surface area contributed by atoms with Gasteiger partial charge in [-0.15, -0.1) is 0 Å². The first-order chi connectivity index (χ1) is 16.8. The van der Waals surface area contributed by atoms with Crippen LogP contribution in [-0.2, 0) is 16.0 Å². The highest BCUT2D eigenvalue weighted by atomic mass is 19.2. The number of ether oxygens (including phenoxy) is 1. The summed E-state index contributed by atoms with van der Waals surface area (Å²) in [6.07, 6.45) is 2.27. The Morgan fingerprint density at radius 3 is 2.31 bits per heavy atom. The molecule has 2 aliphatic heterocycles. The summed E-state index contributed by atoms with van der Waals surface area (Å²) in [5, 5.41) is 2.70. The van der Waals surface area contributed by atoms with Crippen molar-refractivity contribution in [2.24, 2.45) is 11.7 Å². The first-order valence-electron chi connectivity index (χ1n) is 12.0. The highest BCUT2D eigenvalue weighted by molar-refractivity contribution is 5.87. The molecular formula is C26H30F3N3O3. The predicted molar refractivity (Wildman–Crippen MR) is 124 cm³/mol. The first-order valence-corrected chi connectivity index (χ1v) is 12.0. The molecule has 2 bridgehead atoms. The normalized spacial score (nSPS) is 23.0. The summed E-state index contributed by atoms with van der Waals surface area (Å²) < 4.78 is 46.0. The zero-order chi connectivity index (χ0) is 25.1. The average Bonchev–Trinajstić information content (AvgIpc) is 3.10.